The summed E-state index contributed by atoms with van der Waals surface area (Å²) in [6, 6.07) is 5.43. The van der Waals surface area contributed by atoms with Gasteiger partial charge in [-0.25, -0.2) is 4.39 Å². The van der Waals surface area contributed by atoms with Crippen LogP contribution in [-0.4, -0.2) is 13.1 Å². The van der Waals surface area contributed by atoms with Crippen molar-refractivity contribution in [1.29, 1.82) is 0 Å². The van der Waals surface area contributed by atoms with Crippen LogP contribution in [0.5, 0.6) is 0 Å². The smallest absolute Gasteiger partial charge is 0.146 e. The summed E-state index contributed by atoms with van der Waals surface area (Å²) >= 11 is 0. The lowest BCUT2D eigenvalue weighted by molar-refractivity contribution is 0.596. The second kappa shape index (κ2) is 5.30. The van der Waals surface area contributed by atoms with E-state index in [0.29, 0.717) is 11.7 Å². The normalized spacial score (nSPS) is 14.6. The second-order valence-corrected chi connectivity index (χ2v) is 4.37. The Morgan fingerprint density at radius 2 is 2.00 bits per heavy atom. The van der Waals surface area contributed by atoms with Crippen molar-refractivity contribution in [3.05, 3.63) is 29.6 Å². The van der Waals surface area contributed by atoms with Gasteiger partial charge in [0.15, 0.2) is 0 Å². The van der Waals surface area contributed by atoms with E-state index in [2.05, 4.69) is 13.8 Å². The van der Waals surface area contributed by atoms with E-state index >= 15 is 0 Å². The molecular formula is C13H21FN2. The van der Waals surface area contributed by atoms with Gasteiger partial charge in [0.2, 0.25) is 0 Å². The Morgan fingerprint density at radius 1 is 1.38 bits per heavy atom. The summed E-state index contributed by atoms with van der Waals surface area (Å²) in [7, 11) is 1.91. The fourth-order valence-corrected chi connectivity index (χ4v) is 1.60. The summed E-state index contributed by atoms with van der Waals surface area (Å²) in [6.45, 7) is 6.03. The second-order valence-electron chi connectivity index (χ2n) is 4.37. The number of benzene rings is 1. The number of hydrogen-bond acceptors (Lipinski definition) is 2. The fraction of sp³-hybridized carbons (Fsp3) is 0.538. The molecule has 0 aliphatic heterocycles. The maximum absolute atomic E-state index is 13.9. The molecule has 1 rings (SSSR count). The van der Waals surface area contributed by atoms with Crippen molar-refractivity contribution in [2.24, 2.45) is 5.73 Å². The Balaban J connectivity index is 2.99. The van der Waals surface area contributed by atoms with E-state index < -0.39 is 0 Å². The molecule has 16 heavy (non-hydrogen) atoms. The van der Waals surface area contributed by atoms with Crippen molar-refractivity contribution >= 4 is 5.69 Å². The van der Waals surface area contributed by atoms with Gasteiger partial charge in [-0.3, -0.25) is 0 Å². The van der Waals surface area contributed by atoms with Crippen LogP contribution in [0.15, 0.2) is 18.2 Å². The van der Waals surface area contributed by atoms with E-state index in [9.17, 15) is 4.39 Å². The number of hydrogen-bond donors (Lipinski definition) is 1. The zero-order valence-electron chi connectivity index (χ0n) is 10.5. The van der Waals surface area contributed by atoms with Crippen LogP contribution in [0.4, 0.5) is 10.1 Å². The van der Waals surface area contributed by atoms with Crippen molar-refractivity contribution in [3.8, 4) is 0 Å². The van der Waals surface area contributed by atoms with Crippen LogP contribution in [0.1, 0.15) is 38.8 Å². The molecule has 0 spiro atoms. The zero-order valence-corrected chi connectivity index (χ0v) is 10.5. The Hall–Kier alpha value is -1.09. The highest BCUT2D eigenvalue weighted by Gasteiger charge is 2.13. The predicted molar refractivity (Wildman–Crippen MR) is 67.2 cm³/mol. The number of halogens is 1. The average Bonchev–Trinajstić information content (AvgIpc) is 2.26. The highest BCUT2D eigenvalue weighted by Crippen LogP contribution is 2.23. The SMILES string of the molecule is CCC(C)N(C)c1ccc(C(C)N)cc1F. The van der Waals surface area contributed by atoms with Crippen LogP contribution in [0, 0.1) is 5.82 Å². The van der Waals surface area contributed by atoms with Gasteiger partial charge in [0, 0.05) is 19.1 Å². The third-order valence-corrected chi connectivity index (χ3v) is 3.13. The van der Waals surface area contributed by atoms with Gasteiger partial charge in [0.25, 0.3) is 0 Å². The summed E-state index contributed by atoms with van der Waals surface area (Å²) in [5.74, 6) is -0.197. The lowest BCUT2D eigenvalue weighted by Gasteiger charge is -2.26. The highest BCUT2D eigenvalue weighted by molar-refractivity contribution is 5.49. The quantitative estimate of drug-likeness (QED) is 0.851. The summed E-state index contributed by atoms with van der Waals surface area (Å²) in [5.41, 5.74) is 7.18. The molecule has 0 fully saturated rings. The minimum Gasteiger partial charge on any atom is -0.370 e. The molecule has 2 unspecified atom stereocenters. The van der Waals surface area contributed by atoms with Gasteiger partial charge < -0.3 is 10.6 Å². The van der Waals surface area contributed by atoms with Crippen molar-refractivity contribution in [2.45, 2.75) is 39.3 Å². The van der Waals surface area contributed by atoms with Crippen LogP contribution in [0.25, 0.3) is 0 Å². The van der Waals surface area contributed by atoms with E-state index in [1.165, 1.54) is 6.07 Å². The topological polar surface area (TPSA) is 29.3 Å². The van der Waals surface area contributed by atoms with Crippen LogP contribution in [0.3, 0.4) is 0 Å². The molecule has 0 heterocycles. The monoisotopic (exact) mass is 224 g/mol. The first-order valence-electron chi connectivity index (χ1n) is 5.75. The molecule has 0 aromatic heterocycles. The number of anilines is 1. The summed E-state index contributed by atoms with van der Waals surface area (Å²) < 4.78 is 13.9. The Morgan fingerprint density at radius 3 is 2.44 bits per heavy atom. The molecule has 1 aromatic rings. The molecule has 2 N–H and O–H groups in total. The van der Waals surface area contributed by atoms with Crippen LogP contribution in [0.2, 0.25) is 0 Å². The Kier molecular flexibility index (Phi) is 4.30. The maximum atomic E-state index is 13.9. The van der Waals surface area contributed by atoms with E-state index in [0.717, 1.165) is 12.0 Å². The minimum absolute atomic E-state index is 0.127. The average molecular weight is 224 g/mol. The summed E-state index contributed by atoms with van der Waals surface area (Å²) in [4.78, 5) is 1.96. The number of nitrogens with two attached hydrogens (primary N) is 1. The zero-order chi connectivity index (χ0) is 12.3. The van der Waals surface area contributed by atoms with Crippen molar-refractivity contribution in [2.75, 3.05) is 11.9 Å². The fourth-order valence-electron chi connectivity index (χ4n) is 1.60. The molecule has 0 aliphatic carbocycles. The van der Waals surface area contributed by atoms with Gasteiger partial charge in [-0.15, -0.1) is 0 Å². The lowest BCUT2D eigenvalue weighted by atomic mass is 10.1. The summed E-state index contributed by atoms with van der Waals surface area (Å²) in [5, 5.41) is 0. The Labute approximate surface area is 97.3 Å². The molecule has 0 radical (unpaired) electrons. The molecule has 0 saturated heterocycles. The van der Waals surface area contributed by atoms with E-state index in [4.69, 9.17) is 5.73 Å². The standard InChI is InChI=1S/C13H21FN2/c1-5-9(2)16(4)13-7-6-11(10(3)15)8-12(13)14/h6-10H,5,15H2,1-4H3. The van der Waals surface area contributed by atoms with Crippen molar-refractivity contribution < 1.29 is 4.39 Å². The summed E-state index contributed by atoms with van der Waals surface area (Å²) in [6.07, 6.45) is 0.991. The molecular weight excluding hydrogens is 203 g/mol. The van der Waals surface area contributed by atoms with E-state index in [1.807, 2.05) is 24.9 Å². The van der Waals surface area contributed by atoms with Gasteiger partial charge >= 0.3 is 0 Å². The molecule has 1 aromatic carbocycles. The van der Waals surface area contributed by atoms with Gasteiger partial charge in [-0.05, 0) is 38.0 Å². The molecule has 0 saturated carbocycles. The molecule has 0 bridgehead atoms. The van der Waals surface area contributed by atoms with Crippen molar-refractivity contribution in [3.63, 3.8) is 0 Å². The third-order valence-electron chi connectivity index (χ3n) is 3.13. The van der Waals surface area contributed by atoms with E-state index in [-0.39, 0.29) is 11.9 Å². The molecule has 2 nitrogen and oxygen atoms in total. The first-order chi connectivity index (χ1) is 7.47. The molecule has 2 atom stereocenters. The van der Waals surface area contributed by atoms with Crippen LogP contribution < -0.4 is 10.6 Å². The first kappa shape index (κ1) is 13.0. The third kappa shape index (κ3) is 2.73. The van der Waals surface area contributed by atoms with Crippen LogP contribution in [-0.2, 0) is 0 Å². The van der Waals surface area contributed by atoms with Crippen molar-refractivity contribution in [1.82, 2.24) is 0 Å². The molecule has 90 valence electrons. The molecule has 3 heteroatoms. The largest absolute Gasteiger partial charge is 0.370 e. The Bertz CT molecular complexity index is 350. The lowest BCUT2D eigenvalue weighted by Crippen LogP contribution is -2.28. The van der Waals surface area contributed by atoms with Gasteiger partial charge in [-0.1, -0.05) is 13.0 Å². The first-order valence-corrected chi connectivity index (χ1v) is 5.75. The van der Waals surface area contributed by atoms with Crippen LogP contribution >= 0.6 is 0 Å². The van der Waals surface area contributed by atoms with Gasteiger partial charge in [0.05, 0.1) is 5.69 Å². The van der Waals surface area contributed by atoms with Gasteiger partial charge in [0.1, 0.15) is 5.82 Å². The molecule has 0 amide bonds. The minimum atomic E-state index is -0.197. The number of nitrogens with zero attached hydrogens (tertiary/aromatic N) is 1. The van der Waals surface area contributed by atoms with E-state index in [1.54, 1.807) is 6.07 Å². The highest BCUT2D eigenvalue weighted by atomic mass is 19.1. The maximum Gasteiger partial charge on any atom is 0.146 e. The predicted octanol–water partition coefficient (Wildman–Crippen LogP) is 3.08. The van der Waals surface area contributed by atoms with Gasteiger partial charge in [-0.2, -0.15) is 0 Å². The number of rotatable bonds is 4. The molecule has 0 aliphatic rings.